The van der Waals surface area contributed by atoms with Gasteiger partial charge in [0, 0.05) is 6.54 Å². The van der Waals surface area contributed by atoms with Crippen LogP contribution in [-0.4, -0.2) is 19.8 Å². The van der Waals surface area contributed by atoms with Gasteiger partial charge in [0.1, 0.15) is 19.0 Å². The summed E-state index contributed by atoms with van der Waals surface area (Å²) in [5, 5.41) is 3.50. The fraction of sp³-hybridized carbons (Fsp3) is 0.294. The van der Waals surface area contributed by atoms with Gasteiger partial charge in [0.15, 0.2) is 11.5 Å². The van der Waals surface area contributed by atoms with Crippen molar-refractivity contribution in [3.8, 4) is 11.5 Å². The third kappa shape index (κ3) is 2.25. The first-order chi connectivity index (χ1) is 10.3. The predicted octanol–water partition coefficient (Wildman–Crippen LogP) is 2.83. The Morgan fingerprint density at radius 1 is 1.00 bits per heavy atom. The lowest BCUT2D eigenvalue weighted by molar-refractivity contribution is 0.171. The zero-order valence-corrected chi connectivity index (χ0v) is 11.6. The summed E-state index contributed by atoms with van der Waals surface area (Å²) in [5.41, 5.74) is 3.53. The van der Waals surface area contributed by atoms with E-state index in [2.05, 4.69) is 17.4 Å². The minimum atomic E-state index is -0.211. The SMILES string of the molecule is Fc1ccc(C2NCCc3cc4c(cc32)OCCO4)cc1. The fourth-order valence-corrected chi connectivity index (χ4v) is 3.05. The van der Waals surface area contributed by atoms with Crippen LogP contribution in [0, 0.1) is 5.82 Å². The quantitative estimate of drug-likeness (QED) is 0.874. The molecule has 0 aliphatic carbocycles. The molecule has 0 radical (unpaired) electrons. The zero-order chi connectivity index (χ0) is 14.2. The van der Waals surface area contributed by atoms with E-state index in [0.717, 1.165) is 30.0 Å². The second kappa shape index (κ2) is 5.04. The molecule has 0 aromatic heterocycles. The van der Waals surface area contributed by atoms with Crippen LogP contribution in [0.15, 0.2) is 36.4 Å². The molecule has 0 bridgehead atoms. The molecule has 2 aliphatic heterocycles. The van der Waals surface area contributed by atoms with E-state index in [0.29, 0.717) is 13.2 Å². The van der Waals surface area contributed by atoms with Crippen molar-refractivity contribution in [1.82, 2.24) is 5.32 Å². The van der Waals surface area contributed by atoms with Gasteiger partial charge in [0.2, 0.25) is 0 Å². The van der Waals surface area contributed by atoms with Crippen LogP contribution < -0.4 is 14.8 Å². The van der Waals surface area contributed by atoms with Crippen molar-refractivity contribution >= 4 is 0 Å². The highest BCUT2D eigenvalue weighted by Crippen LogP contribution is 2.38. The van der Waals surface area contributed by atoms with Crippen LogP contribution in [0.1, 0.15) is 22.7 Å². The van der Waals surface area contributed by atoms with E-state index in [1.807, 2.05) is 12.1 Å². The summed E-state index contributed by atoms with van der Waals surface area (Å²) in [5.74, 6) is 1.42. The maximum absolute atomic E-state index is 13.1. The maximum atomic E-state index is 13.1. The molecule has 2 heterocycles. The smallest absolute Gasteiger partial charge is 0.161 e. The molecule has 0 amide bonds. The number of ether oxygens (including phenoxy) is 2. The van der Waals surface area contributed by atoms with Gasteiger partial charge < -0.3 is 14.8 Å². The average molecular weight is 285 g/mol. The molecule has 4 heteroatoms. The van der Waals surface area contributed by atoms with Gasteiger partial charge in [0.05, 0.1) is 6.04 Å². The summed E-state index contributed by atoms with van der Waals surface area (Å²) in [7, 11) is 0. The van der Waals surface area contributed by atoms with Crippen molar-refractivity contribution in [3.05, 3.63) is 58.9 Å². The number of hydrogen-bond donors (Lipinski definition) is 1. The molecule has 108 valence electrons. The van der Waals surface area contributed by atoms with E-state index in [1.165, 1.54) is 23.3 Å². The van der Waals surface area contributed by atoms with Crippen LogP contribution in [0.2, 0.25) is 0 Å². The van der Waals surface area contributed by atoms with Gasteiger partial charge in [-0.2, -0.15) is 0 Å². The van der Waals surface area contributed by atoms with Crippen molar-refractivity contribution in [2.75, 3.05) is 19.8 Å². The minimum Gasteiger partial charge on any atom is -0.486 e. The Balaban J connectivity index is 1.78. The molecule has 0 saturated heterocycles. The average Bonchev–Trinajstić information content (AvgIpc) is 2.53. The number of benzene rings is 2. The predicted molar refractivity (Wildman–Crippen MR) is 77.4 cm³/mol. The monoisotopic (exact) mass is 285 g/mol. The van der Waals surface area contributed by atoms with Gasteiger partial charge >= 0.3 is 0 Å². The summed E-state index contributed by atoms with van der Waals surface area (Å²) in [6, 6.07) is 10.9. The van der Waals surface area contributed by atoms with Crippen LogP contribution in [0.4, 0.5) is 4.39 Å². The minimum absolute atomic E-state index is 0.0742. The summed E-state index contributed by atoms with van der Waals surface area (Å²) < 4.78 is 24.4. The van der Waals surface area contributed by atoms with Gasteiger partial charge in [-0.25, -0.2) is 4.39 Å². The van der Waals surface area contributed by atoms with Crippen LogP contribution in [0.25, 0.3) is 0 Å². The first-order valence-electron chi connectivity index (χ1n) is 7.22. The van der Waals surface area contributed by atoms with Crippen molar-refractivity contribution < 1.29 is 13.9 Å². The van der Waals surface area contributed by atoms with E-state index in [9.17, 15) is 4.39 Å². The lowest BCUT2D eigenvalue weighted by atomic mass is 9.89. The lowest BCUT2D eigenvalue weighted by Crippen LogP contribution is -2.31. The summed E-state index contributed by atoms with van der Waals surface area (Å²) >= 11 is 0. The topological polar surface area (TPSA) is 30.5 Å². The Morgan fingerprint density at radius 3 is 2.48 bits per heavy atom. The number of nitrogens with one attached hydrogen (secondary N) is 1. The highest BCUT2D eigenvalue weighted by molar-refractivity contribution is 5.52. The van der Waals surface area contributed by atoms with E-state index < -0.39 is 0 Å². The first-order valence-corrected chi connectivity index (χ1v) is 7.22. The standard InChI is InChI=1S/C17H16FNO2/c18-13-3-1-11(2-4-13)17-14-10-16-15(20-7-8-21-16)9-12(14)5-6-19-17/h1-4,9-10,17,19H,5-8H2. The third-order valence-electron chi connectivity index (χ3n) is 4.06. The number of fused-ring (bicyclic) bond motifs is 2. The van der Waals surface area contributed by atoms with Gasteiger partial charge in [-0.3, -0.25) is 0 Å². The highest BCUT2D eigenvalue weighted by Gasteiger charge is 2.25. The molecule has 0 fully saturated rings. The largest absolute Gasteiger partial charge is 0.486 e. The van der Waals surface area contributed by atoms with Crippen LogP contribution in [0.3, 0.4) is 0 Å². The zero-order valence-electron chi connectivity index (χ0n) is 11.6. The summed E-state index contributed by atoms with van der Waals surface area (Å²) in [4.78, 5) is 0. The molecule has 1 atom stereocenters. The van der Waals surface area contributed by atoms with Crippen LogP contribution in [-0.2, 0) is 6.42 Å². The second-order valence-electron chi connectivity index (χ2n) is 5.38. The van der Waals surface area contributed by atoms with Gasteiger partial charge in [0.25, 0.3) is 0 Å². The lowest BCUT2D eigenvalue weighted by Gasteiger charge is -2.30. The number of halogens is 1. The Labute approximate surface area is 122 Å². The molecule has 3 nitrogen and oxygen atoms in total. The second-order valence-corrected chi connectivity index (χ2v) is 5.38. The molecule has 4 rings (SSSR count). The van der Waals surface area contributed by atoms with Crippen molar-refractivity contribution in [2.24, 2.45) is 0 Å². The molecule has 2 aromatic carbocycles. The number of rotatable bonds is 1. The maximum Gasteiger partial charge on any atom is 0.161 e. The molecule has 1 unspecified atom stereocenters. The molecular weight excluding hydrogens is 269 g/mol. The number of hydrogen-bond acceptors (Lipinski definition) is 3. The molecule has 2 aromatic rings. The Hall–Kier alpha value is -2.07. The van der Waals surface area contributed by atoms with Crippen molar-refractivity contribution in [1.29, 1.82) is 0 Å². The van der Waals surface area contributed by atoms with Gasteiger partial charge in [-0.05, 0) is 47.4 Å². The Morgan fingerprint density at radius 2 is 1.71 bits per heavy atom. The molecule has 0 saturated carbocycles. The molecule has 21 heavy (non-hydrogen) atoms. The molecule has 2 aliphatic rings. The first kappa shape index (κ1) is 12.7. The summed E-state index contributed by atoms with van der Waals surface area (Å²) in [6.45, 7) is 2.08. The van der Waals surface area contributed by atoms with E-state index in [4.69, 9.17) is 9.47 Å². The van der Waals surface area contributed by atoms with Crippen LogP contribution >= 0.6 is 0 Å². The van der Waals surface area contributed by atoms with Crippen LogP contribution in [0.5, 0.6) is 11.5 Å². The van der Waals surface area contributed by atoms with E-state index >= 15 is 0 Å². The highest BCUT2D eigenvalue weighted by atomic mass is 19.1. The normalized spacial score (nSPS) is 20.0. The molecule has 0 spiro atoms. The van der Waals surface area contributed by atoms with Gasteiger partial charge in [-0.15, -0.1) is 0 Å². The Bertz CT molecular complexity index is 669. The van der Waals surface area contributed by atoms with E-state index in [1.54, 1.807) is 0 Å². The molecular formula is C17H16FNO2. The van der Waals surface area contributed by atoms with Crippen molar-refractivity contribution in [3.63, 3.8) is 0 Å². The van der Waals surface area contributed by atoms with Crippen molar-refractivity contribution in [2.45, 2.75) is 12.5 Å². The van der Waals surface area contributed by atoms with Gasteiger partial charge in [-0.1, -0.05) is 12.1 Å². The molecule has 1 N–H and O–H groups in total. The fourth-order valence-electron chi connectivity index (χ4n) is 3.05. The Kier molecular flexibility index (Phi) is 3.04. The van der Waals surface area contributed by atoms with E-state index in [-0.39, 0.29) is 11.9 Å². The summed E-state index contributed by atoms with van der Waals surface area (Å²) in [6.07, 6.45) is 0.962. The third-order valence-corrected chi connectivity index (χ3v) is 4.06.